The third-order valence-corrected chi connectivity index (χ3v) is 2.60. The van der Waals surface area contributed by atoms with Crippen molar-refractivity contribution < 1.29 is 4.92 Å². The molecule has 1 aromatic carbocycles. The summed E-state index contributed by atoms with van der Waals surface area (Å²) < 4.78 is 0. The summed E-state index contributed by atoms with van der Waals surface area (Å²) in [6.07, 6.45) is 0. The second-order valence-corrected chi connectivity index (χ2v) is 3.73. The van der Waals surface area contributed by atoms with E-state index in [1.165, 1.54) is 12.1 Å². The molecular formula is C12H11N3O3. The van der Waals surface area contributed by atoms with Crippen LogP contribution in [0.2, 0.25) is 0 Å². The number of nitrogens with one attached hydrogen (secondary N) is 1. The first-order valence-corrected chi connectivity index (χ1v) is 5.29. The van der Waals surface area contributed by atoms with Crippen LogP contribution in [-0.4, -0.2) is 9.91 Å². The fraction of sp³-hybridized carbons (Fsp3) is 0.0833. The van der Waals surface area contributed by atoms with Crippen LogP contribution in [0.4, 0.5) is 5.69 Å². The van der Waals surface area contributed by atoms with Gasteiger partial charge in [0.1, 0.15) is 0 Å². The van der Waals surface area contributed by atoms with Crippen molar-refractivity contribution in [2.24, 2.45) is 5.73 Å². The number of non-ortho nitro benzene ring substituents is 1. The van der Waals surface area contributed by atoms with Gasteiger partial charge in [-0.05, 0) is 23.8 Å². The molecule has 0 aliphatic carbocycles. The highest BCUT2D eigenvalue weighted by atomic mass is 16.6. The smallest absolute Gasteiger partial charge is 0.269 e. The second kappa shape index (κ2) is 4.80. The lowest BCUT2D eigenvalue weighted by Crippen LogP contribution is -2.15. The largest absolute Gasteiger partial charge is 0.326 e. The summed E-state index contributed by atoms with van der Waals surface area (Å²) >= 11 is 0. The quantitative estimate of drug-likeness (QED) is 0.630. The van der Waals surface area contributed by atoms with Crippen LogP contribution in [0.5, 0.6) is 0 Å². The number of H-pyrrole nitrogens is 1. The van der Waals surface area contributed by atoms with Crippen LogP contribution in [0.3, 0.4) is 0 Å². The lowest BCUT2D eigenvalue weighted by atomic mass is 10.1. The predicted octanol–water partition coefficient (Wildman–Crippen LogP) is 1.41. The molecule has 0 bridgehead atoms. The number of benzene rings is 1. The average Bonchev–Trinajstić information content (AvgIpc) is 2.38. The van der Waals surface area contributed by atoms with Crippen molar-refractivity contribution in [2.45, 2.75) is 6.54 Å². The van der Waals surface area contributed by atoms with Crippen LogP contribution in [0.1, 0.15) is 5.56 Å². The van der Waals surface area contributed by atoms with E-state index in [2.05, 4.69) is 4.98 Å². The third kappa shape index (κ3) is 2.28. The van der Waals surface area contributed by atoms with Crippen LogP contribution in [-0.2, 0) is 6.54 Å². The number of aromatic amines is 1. The van der Waals surface area contributed by atoms with Crippen LogP contribution < -0.4 is 11.3 Å². The van der Waals surface area contributed by atoms with E-state index in [-0.39, 0.29) is 17.8 Å². The Kier molecular flexibility index (Phi) is 3.20. The summed E-state index contributed by atoms with van der Waals surface area (Å²) in [5, 5.41) is 10.5. The Balaban J connectivity index is 2.40. The second-order valence-electron chi connectivity index (χ2n) is 3.73. The average molecular weight is 245 g/mol. The van der Waals surface area contributed by atoms with Crippen molar-refractivity contribution >= 4 is 5.69 Å². The zero-order valence-electron chi connectivity index (χ0n) is 9.42. The van der Waals surface area contributed by atoms with Gasteiger partial charge in [0.15, 0.2) is 0 Å². The number of rotatable bonds is 3. The molecule has 1 heterocycles. The highest BCUT2D eigenvalue weighted by Gasteiger charge is 2.06. The molecule has 3 N–H and O–H groups in total. The normalized spacial score (nSPS) is 10.3. The molecule has 2 aromatic rings. The molecule has 0 fully saturated rings. The molecule has 6 heteroatoms. The highest BCUT2D eigenvalue weighted by molar-refractivity contribution is 5.60. The monoisotopic (exact) mass is 245 g/mol. The van der Waals surface area contributed by atoms with Crippen molar-refractivity contribution in [1.29, 1.82) is 0 Å². The van der Waals surface area contributed by atoms with Gasteiger partial charge in [0, 0.05) is 29.9 Å². The van der Waals surface area contributed by atoms with Gasteiger partial charge in [-0.15, -0.1) is 0 Å². The topological polar surface area (TPSA) is 102 Å². The maximum absolute atomic E-state index is 11.6. The standard InChI is InChI=1S/C12H11N3O3/c13-7-9-3-6-11(14-12(9)16)8-1-4-10(5-2-8)15(17)18/h1-6H,7,13H2,(H,14,16). The van der Waals surface area contributed by atoms with Gasteiger partial charge >= 0.3 is 0 Å². The van der Waals surface area contributed by atoms with E-state index in [1.54, 1.807) is 24.3 Å². The first-order valence-electron chi connectivity index (χ1n) is 5.29. The van der Waals surface area contributed by atoms with Gasteiger partial charge in [0.25, 0.3) is 11.2 Å². The molecular weight excluding hydrogens is 234 g/mol. The van der Waals surface area contributed by atoms with E-state index in [0.717, 1.165) is 0 Å². The van der Waals surface area contributed by atoms with E-state index >= 15 is 0 Å². The zero-order valence-corrected chi connectivity index (χ0v) is 9.42. The van der Waals surface area contributed by atoms with Crippen molar-refractivity contribution in [3.05, 3.63) is 62.4 Å². The van der Waals surface area contributed by atoms with Crippen LogP contribution in [0, 0.1) is 10.1 Å². The lowest BCUT2D eigenvalue weighted by molar-refractivity contribution is -0.384. The maximum Gasteiger partial charge on any atom is 0.269 e. The minimum absolute atomic E-state index is 0.0136. The first-order chi connectivity index (χ1) is 8.61. The van der Waals surface area contributed by atoms with Gasteiger partial charge in [-0.25, -0.2) is 0 Å². The minimum Gasteiger partial charge on any atom is -0.326 e. The van der Waals surface area contributed by atoms with Crippen molar-refractivity contribution in [3.63, 3.8) is 0 Å². The number of nitrogens with two attached hydrogens (primary N) is 1. The number of nitro groups is 1. The molecule has 0 unspecified atom stereocenters. The van der Waals surface area contributed by atoms with Gasteiger partial charge in [-0.2, -0.15) is 0 Å². The fourth-order valence-corrected chi connectivity index (χ4v) is 1.60. The fourth-order valence-electron chi connectivity index (χ4n) is 1.60. The van der Waals surface area contributed by atoms with Gasteiger partial charge in [-0.3, -0.25) is 14.9 Å². The third-order valence-electron chi connectivity index (χ3n) is 2.60. The molecule has 0 aliphatic heterocycles. The minimum atomic E-state index is -0.468. The predicted molar refractivity (Wildman–Crippen MR) is 67.0 cm³/mol. The summed E-state index contributed by atoms with van der Waals surface area (Å²) in [7, 11) is 0. The summed E-state index contributed by atoms with van der Waals surface area (Å²) in [5.41, 5.74) is 6.98. The van der Waals surface area contributed by atoms with Crippen LogP contribution >= 0.6 is 0 Å². The van der Waals surface area contributed by atoms with E-state index in [4.69, 9.17) is 5.73 Å². The molecule has 6 nitrogen and oxygen atoms in total. The van der Waals surface area contributed by atoms with Crippen molar-refractivity contribution in [1.82, 2.24) is 4.98 Å². The van der Waals surface area contributed by atoms with E-state index in [9.17, 15) is 14.9 Å². The molecule has 92 valence electrons. The molecule has 0 saturated heterocycles. The van der Waals surface area contributed by atoms with Gasteiger partial charge in [0.2, 0.25) is 0 Å². The number of nitrogens with zero attached hydrogens (tertiary/aromatic N) is 1. The number of nitro benzene ring substituents is 1. The Morgan fingerprint density at radius 3 is 2.33 bits per heavy atom. The molecule has 0 radical (unpaired) electrons. The summed E-state index contributed by atoms with van der Waals surface area (Å²) in [6.45, 7) is 0.176. The number of hydrogen-bond donors (Lipinski definition) is 2. The Hall–Kier alpha value is -2.47. The van der Waals surface area contributed by atoms with Gasteiger partial charge < -0.3 is 10.7 Å². The summed E-state index contributed by atoms with van der Waals surface area (Å²) in [5.74, 6) is 0. The van der Waals surface area contributed by atoms with Gasteiger partial charge in [0.05, 0.1) is 4.92 Å². The highest BCUT2D eigenvalue weighted by Crippen LogP contribution is 2.19. The maximum atomic E-state index is 11.6. The van der Waals surface area contributed by atoms with E-state index < -0.39 is 4.92 Å². The molecule has 2 rings (SSSR count). The van der Waals surface area contributed by atoms with Crippen molar-refractivity contribution in [2.75, 3.05) is 0 Å². The van der Waals surface area contributed by atoms with Crippen molar-refractivity contribution in [3.8, 4) is 11.3 Å². The van der Waals surface area contributed by atoms with Crippen LogP contribution in [0.25, 0.3) is 11.3 Å². The van der Waals surface area contributed by atoms with E-state index in [1.807, 2.05) is 0 Å². The molecule has 0 atom stereocenters. The Bertz CT molecular complexity index is 632. The van der Waals surface area contributed by atoms with E-state index in [0.29, 0.717) is 16.8 Å². The molecule has 0 aliphatic rings. The lowest BCUT2D eigenvalue weighted by Gasteiger charge is -2.02. The Morgan fingerprint density at radius 1 is 1.17 bits per heavy atom. The molecule has 0 saturated carbocycles. The van der Waals surface area contributed by atoms with Crippen LogP contribution in [0.15, 0.2) is 41.2 Å². The van der Waals surface area contributed by atoms with Gasteiger partial charge in [-0.1, -0.05) is 6.07 Å². The Labute approximate surface area is 102 Å². The first kappa shape index (κ1) is 12.0. The molecule has 1 aromatic heterocycles. The summed E-state index contributed by atoms with van der Waals surface area (Å²) in [6, 6.07) is 9.34. The Morgan fingerprint density at radius 2 is 1.83 bits per heavy atom. The molecule has 0 spiro atoms. The summed E-state index contributed by atoms with van der Waals surface area (Å²) in [4.78, 5) is 24.3. The SMILES string of the molecule is NCc1ccc(-c2ccc([N+](=O)[O-])cc2)[nH]c1=O. The number of aromatic nitrogens is 1. The molecule has 18 heavy (non-hydrogen) atoms. The zero-order chi connectivity index (χ0) is 13.1. The number of hydrogen-bond acceptors (Lipinski definition) is 4. The molecule has 0 amide bonds. The number of pyridine rings is 1.